The molecule has 1 fully saturated rings. The zero-order valence-electron chi connectivity index (χ0n) is 18.6. The van der Waals surface area contributed by atoms with Gasteiger partial charge in [-0.1, -0.05) is 6.07 Å². The summed E-state index contributed by atoms with van der Waals surface area (Å²) in [5.41, 5.74) is 2.94. The maximum absolute atomic E-state index is 13.3. The number of alkyl halides is 1. The van der Waals surface area contributed by atoms with Crippen molar-refractivity contribution >= 4 is 44.1 Å². The molecule has 10 nitrogen and oxygen atoms in total. The number of imidazole rings is 1. The van der Waals surface area contributed by atoms with Crippen molar-refractivity contribution in [2.45, 2.75) is 24.4 Å². The number of amides is 1. The second kappa shape index (κ2) is 7.90. The Morgan fingerprint density at radius 3 is 2.62 bits per heavy atom. The maximum Gasteiger partial charge on any atom is 0.231 e. The van der Waals surface area contributed by atoms with E-state index in [9.17, 15) is 17.6 Å². The number of carbonyl (C=O) groups is 1. The van der Waals surface area contributed by atoms with E-state index in [1.54, 1.807) is 55.2 Å². The molecule has 0 aliphatic heterocycles. The van der Waals surface area contributed by atoms with E-state index in [2.05, 4.69) is 30.7 Å². The lowest BCUT2D eigenvalue weighted by atomic mass is 10.1. The fourth-order valence-corrected chi connectivity index (χ4v) is 4.58. The first-order valence-electron chi connectivity index (χ1n) is 10.5. The van der Waals surface area contributed by atoms with E-state index >= 15 is 0 Å². The summed E-state index contributed by atoms with van der Waals surface area (Å²) in [6, 6.07) is 8.33. The van der Waals surface area contributed by atoms with Gasteiger partial charge in [-0.2, -0.15) is 5.10 Å². The molecular formula is C22H22FN7O3S. The molecular weight excluding hydrogens is 461 g/mol. The maximum atomic E-state index is 13.3. The minimum absolute atomic E-state index is 0.0803. The molecule has 0 bridgehead atoms. The van der Waals surface area contributed by atoms with Crippen molar-refractivity contribution in [2.75, 3.05) is 16.9 Å². The molecule has 34 heavy (non-hydrogen) atoms. The zero-order chi connectivity index (χ0) is 24.2. The minimum atomic E-state index is -3.62. The lowest BCUT2D eigenvalue weighted by Gasteiger charge is -2.14. The van der Waals surface area contributed by atoms with Crippen LogP contribution in [-0.2, 0) is 21.7 Å². The van der Waals surface area contributed by atoms with Gasteiger partial charge in [0.05, 0.1) is 27.9 Å². The summed E-state index contributed by atoms with van der Waals surface area (Å²) in [7, 11) is -1.83. The summed E-state index contributed by atoms with van der Waals surface area (Å²) in [6.45, 7) is 1.76. The van der Waals surface area contributed by atoms with Crippen molar-refractivity contribution in [3.63, 3.8) is 0 Å². The molecule has 176 valence electrons. The summed E-state index contributed by atoms with van der Waals surface area (Å²) in [5.74, 6) is -0.325. The van der Waals surface area contributed by atoms with Crippen molar-refractivity contribution in [1.29, 1.82) is 0 Å². The van der Waals surface area contributed by atoms with Gasteiger partial charge in [-0.25, -0.2) is 22.8 Å². The van der Waals surface area contributed by atoms with E-state index in [4.69, 9.17) is 0 Å². The van der Waals surface area contributed by atoms with Crippen LogP contribution in [0.3, 0.4) is 0 Å². The molecule has 3 N–H and O–H groups in total. The molecule has 3 aromatic heterocycles. The van der Waals surface area contributed by atoms with Crippen LogP contribution in [0.2, 0.25) is 0 Å². The number of aromatic nitrogens is 5. The van der Waals surface area contributed by atoms with E-state index in [0.717, 1.165) is 6.26 Å². The number of sulfone groups is 1. The lowest BCUT2D eigenvalue weighted by Crippen LogP contribution is -2.16. The number of anilines is 3. The highest BCUT2D eigenvalue weighted by Crippen LogP contribution is 2.36. The van der Waals surface area contributed by atoms with Gasteiger partial charge in [0.15, 0.2) is 15.5 Å². The Balaban J connectivity index is 1.56. The van der Waals surface area contributed by atoms with Crippen molar-refractivity contribution in [3.8, 4) is 11.3 Å². The van der Waals surface area contributed by atoms with Gasteiger partial charge in [0.25, 0.3) is 0 Å². The third-order valence-electron chi connectivity index (χ3n) is 5.53. The topological polar surface area (TPSA) is 135 Å². The summed E-state index contributed by atoms with van der Waals surface area (Å²) < 4.78 is 40.2. The predicted octanol–water partition coefficient (Wildman–Crippen LogP) is 3.11. The van der Waals surface area contributed by atoms with Crippen molar-refractivity contribution in [1.82, 2.24) is 24.7 Å². The Morgan fingerprint density at radius 1 is 1.21 bits per heavy atom. The summed E-state index contributed by atoms with van der Waals surface area (Å²) in [4.78, 5) is 24.1. The molecule has 2 atom stereocenters. The number of nitrogens with zero attached hydrogens (tertiary/aromatic N) is 4. The van der Waals surface area contributed by atoms with Gasteiger partial charge in [-0.3, -0.25) is 9.48 Å². The smallest absolute Gasteiger partial charge is 0.231 e. The van der Waals surface area contributed by atoms with Gasteiger partial charge in [-0.05, 0) is 31.5 Å². The Bertz CT molecular complexity index is 1540. The molecule has 3 heterocycles. The molecule has 1 saturated carbocycles. The number of hydrogen-bond acceptors (Lipinski definition) is 7. The SMILES string of the molecule is Cc1nc2c(Nc3ccc(-c4ccn(C)n4)cc3S(C)(=O)=O)cc(NC(=O)[C@H]3CC3F)nc2[nH]1. The molecule has 1 aliphatic rings. The quantitative estimate of drug-likeness (QED) is 0.383. The number of fused-ring (bicyclic) bond motifs is 1. The molecule has 0 spiro atoms. The van der Waals surface area contributed by atoms with Crippen molar-refractivity contribution < 1.29 is 17.6 Å². The molecule has 0 radical (unpaired) electrons. The van der Waals surface area contributed by atoms with Crippen LogP contribution < -0.4 is 10.6 Å². The standard InChI is InChI=1S/C22H22FN7O3S/c1-11-24-20-17(10-19(27-21(20)25-11)28-22(31)13-9-14(13)23)26-16-5-4-12(8-18(16)34(3,32)33)15-6-7-30(2)29-15/h4-8,10,13-14H,9H2,1-3H3,(H3,24,25,26,27,28,31)/t13-,14?/m0/s1. The fraction of sp³-hybridized carbons (Fsp3) is 0.273. The molecule has 1 unspecified atom stereocenters. The first-order valence-corrected chi connectivity index (χ1v) is 12.4. The van der Waals surface area contributed by atoms with Gasteiger partial charge < -0.3 is 15.6 Å². The number of H-pyrrole nitrogens is 1. The zero-order valence-corrected chi connectivity index (χ0v) is 19.4. The van der Waals surface area contributed by atoms with Crippen LogP contribution in [0.4, 0.5) is 21.6 Å². The summed E-state index contributed by atoms with van der Waals surface area (Å²) >= 11 is 0. The van der Waals surface area contributed by atoms with E-state index in [1.165, 1.54) is 0 Å². The molecule has 1 aliphatic carbocycles. The average molecular weight is 484 g/mol. The van der Waals surface area contributed by atoms with Crippen LogP contribution in [0.5, 0.6) is 0 Å². The number of pyridine rings is 1. The number of rotatable bonds is 6. The van der Waals surface area contributed by atoms with Gasteiger partial charge >= 0.3 is 0 Å². The van der Waals surface area contributed by atoms with Crippen LogP contribution >= 0.6 is 0 Å². The lowest BCUT2D eigenvalue weighted by molar-refractivity contribution is -0.117. The van der Waals surface area contributed by atoms with E-state index in [-0.39, 0.29) is 17.1 Å². The predicted molar refractivity (Wildman–Crippen MR) is 125 cm³/mol. The number of hydrogen-bond donors (Lipinski definition) is 3. The Morgan fingerprint density at radius 2 is 1.97 bits per heavy atom. The highest BCUT2D eigenvalue weighted by atomic mass is 32.2. The van der Waals surface area contributed by atoms with Gasteiger partial charge in [-0.15, -0.1) is 0 Å². The van der Waals surface area contributed by atoms with E-state index in [0.29, 0.717) is 39.6 Å². The van der Waals surface area contributed by atoms with Crippen LogP contribution in [0, 0.1) is 12.8 Å². The van der Waals surface area contributed by atoms with Crippen molar-refractivity contribution in [3.05, 3.63) is 42.4 Å². The Kier molecular flexibility index (Phi) is 5.12. The highest BCUT2D eigenvalue weighted by molar-refractivity contribution is 7.90. The van der Waals surface area contributed by atoms with E-state index < -0.39 is 27.8 Å². The van der Waals surface area contributed by atoms with Crippen molar-refractivity contribution in [2.24, 2.45) is 13.0 Å². The third kappa shape index (κ3) is 4.23. The number of aromatic amines is 1. The molecule has 5 rings (SSSR count). The van der Waals surface area contributed by atoms with Gasteiger partial charge in [0.1, 0.15) is 23.3 Å². The Labute approximate surface area is 194 Å². The number of nitrogens with one attached hydrogen (secondary N) is 3. The summed E-state index contributed by atoms with van der Waals surface area (Å²) in [6.07, 6.45) is 1.97. The Hall–Kier alpha value is -3.80. The fourth-order valence-electron chi connectivity index (χ4n) is 3.73. The van der Waals surface area contributed by atoms with E-state index in [1.807, 2.05) is 0 Å². The third-order valence-corrected chi connectivity index (χ3v) is 6.67. The molecule has 4 aromatic rings. The molecule has 1 aromatic carbocycles. The van der Waals surface area contributed by atoms with Gasteiger partial charge in [0.2, 0.25) is 5.91 Å². The normalized spacial score (nSPS) is 17.6. The van der Waals surface area contributed by atoms with Crippen LogP contribution in [0.15, 0.2) is 41.4 Å². The largest absolute Gasteiger partial charge is 0.352 e. The average Bonchev–Trinajstić information content (AvgIpc) is 3.14. The second-order valence-corrected chi connectivity index (χ2v) is 10.4. The number of benzene rings is 1. The van der Waals surface area contributed by atoms with Gasteiger partial charge in [0, 0.05) is 31.1 Å². The first-order chi connectivity index (χ1) is 16.1. The molecule has 1 amide bonds. The monoisotopic (exact) mass is 483 g/mol. The number of aryl methyl sites for hydroxylation is 2. The first kappa shape index (κ1) is 22.0. The molecule has 0 saturated heterocycles. The molecule has 12 heteroatoms. The van der Waals surface area contributed by atoms with Crippen LogP contribution in [0.25, 0.3) is 22.4 Å². The number of halogens is 1. The number of carbonyl (C=O) groups excluding carboxylic acids is 1. The van der Waals surface area contributed by atoms with Crippen LogP contribution in [0.1, 0.15) is 12.2 Å². The summed E-state index contributed by atoms with van der Waals surface area (Å²) in [5, 5.41) is 10.1. The highest BCUT2D eigenvalue weighted by Gasteiger charge is 2.43. The minimum Gasteiger partial charge on any atom is -0.352 e. The van der Waals surface area contributed by atoms with Crippen LogP contribution in [-0.4, -0.2) is 51.5 Å². The second-order valence-electron chi connectivity index (χ2n) is 8.40.